The van der Waals surface area contributed by atoms with E-state index < -0.39 is 0 Å². The first-order valence-corrected chi connectivity index (χ1v) is 8.54. The number of anilines is 1. The third-order valence-corrected chi connectivity index (χ3v) is 4.24. The second-order valence-corrected chi connectivity index (χ2v) is 6.26. The second-order valence-electron chi connectivity index (χ2n) is 5.86. The maximum Gasteiger partial charge on any atom is 0.252 e. The van der Waals surface area contributed by atoms with Gasteiger partial charge in [-0.2, -0.15) is 5.26 Å². The zero-order chi connectivity index (χ0) is 18.5. The van der Waals surface area contributed by atoms with Gasteiger partial charge in [-0.15, -0.1) is 0 Å². The predicted octanol–water partition coefficient (Wildman–Crippen LogP) is 3.91. The maximum atomic E-state index is 12.1. The number of benzene rings is 2. The number of nitrogens with one attached hydrogen (secondary N) is 2. The van der Waals surface area contributed by atoms with Crippen LogP contribution in [-0.4, -0.2) is 24.0 Å². The molecular weight excluding hydrogens is 348 g/mol. The number of hydrogen-bond acceptors (Lipinski definition) is 4. The van der Waals surface area contributed by atoms with E-state index >= 15 is 0 Å². The van der Waals surface area contributed by atoms with Crippen LogP contribution in [0, 0.1) is 18.3 Å². The monoisotopic (exact) mass is 364 g/mol. The lowest BCUT2D eigenvalue weighted by atomic mass is 10.1. The number of fused-ring (bicyclic) bond motifs is 1. The van der Waals surface area contributed by atoms with Gasteiger partial charge in [-0.05, 0) is 37.3 Å². The molecule has 1 amide bonds. The van der Waals surface area contributed by atoms with Crippen molar-refractivity contribution in [2.75, 3.05) is 18.4 Å². The Morgan fingerprint density at radius 1 is 1.19 bits per heavy atom. The summed E-state index contributed by atoms with van der Waals surface area (Å²) in [5.74, 6) is 0.274. The van der Waals surface area contributed by atoms with Gasteiger partial charge in [-0.25, -0.2) is 4.98 Å². The van der Waals surface area contributed by atoms with Gasteiger partial charge in [0, 0.05) is 18.5 Å². The van der Waals surface area contributed by atoms with Crippen LogP contribution in [0.5, 0.6) is 0 Å². The fourth-order valence-electron chi connectivity index (χ4n) is 2.61. The second kappa shape index (κ2) is 7.85. The Balaban J connectivity index is 1.65. The number of aryl methyl sites for hydroxylation is 1. The number of nitrogens with zero attached hydrogens (tertiary/aromatic N) is 2. The quantitative estimate of drug-likeness (QED) is 0.673. The van der Waals surface area contributed by atoms with Crippen molar-refractivity contribution < 1.29 is 4.79 Å². The lowest BCUT2D eigenvalue weighted by Gasteiger charge is -2.10. The lowest BCUT2D eigenvalue weighted by Crippen LogP contribution is -2.29. The molecule has 6 heteroatoms. The van der Waals surface area contributed by atoms with Crippen molar-refractivity contribution in [1.29, 1.82) is 5.26 Å². The third-order valence-electron chi connectivity index (χ3n) is 3.91. The highest BCUT2D eigenvalue weighted by molar-refractivity contribution is 6.33. The normalized spacial score (nSPS) is 10.3. The van der Waals surface area contributed by atoms with Crippen LogP contribution >= 0.6 is 11.6 Å². The van der Waals surface area contributed by atoms with Crippen LogP contribution in [0.3, 0.4) is 0 Å². The number of halogens is 1. The number of hydrogen-bond donors (Lipinski definition) is 2. The van der Waals surface area contributed by atoms with Crippen LogP contribution in [0.4, 0.5) is 5.82 Å². The maximum absolute atomic E-state index is 12.1. The largest absolute Gasteiger partial charge is 0.367 e. The fourth-order valence-corrected chi connectivity index (χ4v) is 2.83. The van der Waals surface area contributed by atoms with Gasteiger partial charge < -0.3 is 10.6 Å². The van der Waals surface area contributed by atoms with E-state index in [2.05, 4.69) is 21.7 Å². The fraction of sp³-hybridized carbons (Fsp3) is 0.150. The number of nitriles is 1. The molecule has 1 aromatic heterocycles. The highest BCUT2D eigenvalue weighted by atomic mass is 35.5. The molecule has 0 aliphatic rings. The molecule has 2 N–H and O–H groups in total. The zero-order valence-electron chi connectivity index (χ0n) is 14.2. The summed E-state index contributed by atoms with van der Waals surface area (Å²) in [4.78, 5) is 16.6. The lowest BCUT2D eigenvalue weighted by molar-refractivity contribution is 0.0955. The highest BCUT2D eigenvalue weighted by Gasteiger charge is 2.09. The standard InChI is InChI=1S/C20H17ClN4O/c1-13-6-7-18-14(10-13)11-15(12-22)19(25-18)23-8-9-24-20(26)16-4-2-3-5-17(16)21/h2-7,10-11H,8-9H2,1H3,(H,23,25)(H,24,26). The summed E-state index contributed by atoms with van der Waals surface area (Å²) in [5.41, 5.74) is 2.84. The predicted molar refractivity (Wildman–Crippen MR) is 103 cm³/mol. The van der Waals surface area contributed by atoms with E-state index in [-0.39, 0.29) is 5.91 Å². The van der Waals surface area contributed by atoms with Crippen molar-refractivity contribution in [1.82, 2.24) is 10.3 Å². The third kappa shape index (κ3) is 3.93. The highest BCUT2D eigenvalue weighted by Crippen LogP contribution is 2.21. The molecule has 26 heavy (non-hydrogen) atoms. The minimum absolute atomic E-state index is 0.236. The molecule has 0 saturated carbocycles. The first-order valence-electron chi connectivity index (χ1n) is 8.16. The molecule has 3 aromatic rings. The number of amides is 1. The smallest absolute Gasteiger partial charge is 0.252 e. The van der Waals surface area contributed by atoms with E-state index in [0.717, 1.165) is 16.5 Å². The molecule has 0 saturated heterocycles. The Kier molecular flexibility index (Phi) is 5.35. The molecule has 2 aromatic carbocycles. The number of rotatable bonds is 5. The van der Waals surface area contributed by atoms with Gasteiger partial charge in [0.2, 0.25) is 0 Å². The molecule has 3 rings (SSSR count). The minimum atomic E-state index is -0.236. The summed E-state index contributed by atoms with van der Waals surface area (Å²) in [6.07, 6.45) is 0. The Morgan fingerprint density at radius 3 is 2.77 bits per heavy atom. The van der Waals surface area contributed by atoms with Gasteiger partial charge in [0.25, 0.3) is 5.91 Å². The van der Waals surface area contributed by atoms with Crippen molar-refractivity contribution in [3.8, 4) is 6.07 Å². The number of aromatic nitrogens is 1. The molecule has 5 nitrogen and oxygen atoms in total. The molecule has 0 bridgehead atoms. The zero-order valence-corrected chi connectivity index (χ0v) is 15.0. The average Bonchev–Trinajstić information content (AvgIpc) is 2.64. The number of pyridine rings is 1. The molecule has 0 unspecified atom stereocenters. The van der Waals surface area contributed by atoms with E-state index in [1.165, 1.54) is 0 Å². The van der Waals surface area contributed by atoms with Gasteiger partial charge in [0.15, 0.2) is 0 Å². The first kappa shape index (κ1) is 17.7. The molecule has 0 spiro atoms. The van der Waals surface area contributed by atoms with Crippen molar-refractivity contribution in [3.05, 3.63) is 70.2 Å². The molecule has 0 aliphatic carbocycles. The van der Waals surface area contributed by atoms with Crippen molar-refractivity contribution >= 4 is 34.2 Å². The average molecular weight is 365 g/mol. The summed E-state index contributed by atoms with van der Waals surface area (Å²) >= 11 is 6.01. The topological polar surface area (TPSA) is 77.8 Å². The summed E-state index contributed by atoms with van der Waals surface area (Å²) in [5, 5.41) is 16.6. The molecule has 0 fully saturated rings. The van der Waals surface area contributed by atoms with E-state index in [4.69, 9.17) is 11.6 Å². The van der Waals surface area contributed by atoms with Crippen molar-refractivity contribution in [2.24, 2.45) is 0 Å². The van der Waals surface area contributed by atoms with Gasteiger partial charge in [-0.1, -0.05) is 35.4 Å². The molecule has 0 radical (unpaired) electrons. The van der Waals surface area contributed by atoms with Gasteiger partial charge >= 0.3 is 0 Å². The Labute approximate surface area is 156 Å². The van der Waals surface area contributed by atoms with E-state index in [1.54, 1.807) is 24.3 Å². The number of carbonyl (C=O) groups is 1. The molecular formula is C20H17ClN4O. The molecule has 130 valence electrons. The first-order chi connectivity index (χ1) is 12.6. The molecule has 0 aliphatic heterocycles. The van der Waals surface area contributed by atoms with E-state index in [9.17, 15) is 10.1 Å². The van der Waals surface area contributed by atoms with E-state index in [1.807, 2.05) is 31.2 Å². The van der Waals surface area contributed by atoms with Gasteiger partial charge in [0.05, 0.1) is 21.7 Å². The Hall–Kier alpha value is -3.10. The van der Waals surface area contributed by atoms with Crippen LogP contribution in [0.15, 0.2) is 48.5 Å². The van der Waals surface area contributed by atoms with Crippen LogP contribution in [-0.2, 0) is 0 Å². The summed E-state index contributed by atoms with van der Waals surface area (Å²) in [7, 11) is 0. The Bertz CT molecular complexity index is 1010. The van der Waals surface area contributed by atoms with Crippen LogP contribution in [0.2, 0.25) is 5.02 Å². The van der Waals surface area contributed by atoms with Crippen molar-refractivity contribution in [2.45, 2.75) is 6.92 Å². The van der Waals surface area contributed by atoms with Gasteiger partial charge in [0.1, 0.15) is 11.9 Å². The van der Waals surface area contributed by atoms with Crippen LogP contribution in [0.25, 0.3) is 10.9 Å². The SMILES string of the molecule is Cc1ccc2nc(NCCNC(=O)c3ccccc3Cl)c(C#N)cc2c1. The molecule has 1 heterocycles. The summed E-state index contributed by atoms with van der Waals surface area (Å²) in [6.45, 7) is 2.82. The Morgan fingerprint density at radius 2 is 2.00 bits per heavy atom. The molecule has 0 atom stereocenters. The summed E-state index contributed by atoms with van der Waals surface area (Å²) in [6, 6.07) is 16.8. The van der Waals surface area contributed by atoms with Crippen LogP contribution < -0.4 is 10.6 Å². The van der Waals surface area contributed by atoms with Crippen LogP contribution in [0.1, 0.15) is 21.5 Å². The van der Waals surface area contributed by atoms with Crippen molar-refractivity contribution in [3.63, 3.8) is 0 Å². The van der Waals surface area contributed by atoms with E-state index in [0.29, 0.717) is 35.1 Å². The summed E-state index contributed by atoms with van der Waals surface area (Å²) < 4.78 is 0. The minimum Gasteiger partial charge on any atom is -0.367 e. The number of carbonyl (C=O) groups excluding carboxylic acids is 1. The van der Waals surface area contributed by atoms with Gasteiger partial charge in [-0.3, -0.25) is 4.79 Å².